The van der Waals surface area contributed by atoms with Crippen molar-refractivity contribution < 1.29 is 13.2 Å². The molecule has 1 fully saturated rings. The number of nitrogens with one attached hydrogen (secondary N) is 2. The number of sulfonamides is 1. The quantitative estimate of drug-likeness (QED) is 0.752. The molecule has 0 unspecified atom stereocenters. The van der Waals surface area contributed by atoms with Gasteiger partial charge in [0.2, 0.25) is 10.0 Å². The Labute approximate surface area is 176 Å². The topological polar surface area (TPSA) is 81.7 Å². The molecule has 7 nitrogen and oxygen atoms in total. The lowest BCUT2D eigenvalue weighted by Crippen LogP contribution is -2.44. The SMILES string of the molecule is CNS(=O)(=O)c1ccc(Cl)c(C(=O)Nc2ccc(N3CCN(C)CC3)c(C)c2)c1. The fourth-order valence-electron chi connectivity index (χ4n) is 3.30. The molecular formula is C20H25ClN4O3S. The summed E-state index contributed by atoms with van der Waals surface area (Å²) in [6.07, 6.45) is 0. The summed E-state index contributed by atoms with van der Waals surface area (Å²) < 4.78 is 26.2. The predicted molar refractivity (Wildman–Crippen MR) is 117 cm³/mol. The molecule has 0 spiro atoms. The van der Waals surface area contributed by atoms with Crippen molar-refractivity contribution in [3.05, 3.63) is 52.5 Å². The highest BCUT2D eigenvalue weighted by atomic mass is 35.5. The van der Waals surface area contributed by atoms with E-state index in [1.54, 1.807) is 0 Å². The summed E-state index contributed by atoms with van der Waals surface area (Å²) in [5.74, 6) is -0.463. The summed E-state index contributed by atoms with van der Waals surface area (Å²) in [4.78, 5) is 17.3. The van der Waals surface area contributed by atoms with Crippen LogP contribution in [0, 0.1) is 6.92 Å². The molecule has 2 N–H and O–H groups in total. The fraction of sp³-hybridized carbons (Fsp3) is 0.350. The van der Waals surface area contributed by atoms with Crippen LogP contribution >= 0.6 is 11.6 Å². The molecule has 1 aliphatic rings. The van der Waals surface area contributed by atoms with E-state index in [0.29, 0.717) is 5.69 Å². The Morgan fingerprint density at radius 2 is 1.76 bits per heavy atom. The van der Waals surface area contributed by atoms with Crippen LogP contribution in [-0.4, -0.2) is 59.5 Å². The fourth-order valence-corrected chi connectivity index (χ4v) is 4.26. The molecule has 1 saturated heterocycles. The zero-order valence-corrected chi connectivity index (χ0v) is 18.3. The van der Waals surface area contributed by atoms with E-state index in [2.05, 4.69) is 26.9 Å². The third kappa shape index (κ3) is 4.90. The average Bonchev–Trinajstić information content (AvgIpc) is 2.69. The smallest absolute Gasteiger partial charge is 0.257 e. The second kappa shape index (κ2) is 8.71. The summed E-state index contributed by atoms with van der Waals surface area (Å²) in [5.41, 5.74) is 2.94. The molecule has 0 saturated carbocycles. The van der Waals surface area contributed by atoms with Crippen LogP contribution in [0.3, 0.4) is 0 Å². The summed E-state index contributed by atoms with van der Waals surface area (Å²) in [7, 11) is -0.240. The molecule has 0 bridgehead atoms. The van der Waals surface area contributed by atoms with Crippen molar-refractivity contribution in [3.63, 3.8) is 0 Å². The third-order valence-corrected chi connectivity index (χ3v) is 6.80. The van der Waals surface area contributed by atoms with Crippen molar-refractivity contribution in [1.29, 1.82) is 0 Å². The normalized spacial score (nSPS) is 15.4. The molecule has 29 heavy (non-hydrogen) atoms. The van der Waals surface area contributed by atoms with Gasteiger partial charge < -0.3 is 15.1 Å². The Morgan fingerprint density at radius 3 is 2.38 bits per heavy atom. The minimum atomic E-state index is -3.67. The van der Waals surface area contributed by atoms with Gasteiger partial charge in [0.05, 0.1) is 15.5 Å². The van der Waals surface area contributed by atoms with Crippen LogP contribution in [0.5, 0.6) is 0 Å². The van der Waals surface area contributed by atoms with Crippen LogP contribution in [0.4, 0.5) is 11.4 Å². The highest BCUT2D eigenvalue weighted by Gasteiger charge is 2.19. The Morgan fingerprint density at radius 1 is 1.07 bits per heavy atom. The average molecular weight is 437 g/mol. The number of carbonyl (C=O) groups is 1. The lowest BCUT2D eigenvalue weighted by molar-refractivity contribution is 0.102. The molecule has 2 aromatic rings. The maximum absolute atomic E-state index is 12.7. The highest BCUT2D eigenvalue weighted by molar-refractivity contribution is 7.89. The minimum absolute atomic E-state index is 0.0175. The largest absolute Gasteiger partial charge is 0.369 e. The van der Waals surface area contributed by atoms with Gasteiger partial charge in [0.25, 0.3) is 5.91 Å². The number of halogens is 1. The van der Waals surface area contributed by atoms with Crippen LogP contribution in [-0.2, 0) is 10.0 Å². The van der Waals surface area contributed by atoms with Gasteiger partial charge in [-0.15, -0.1) is 0 Å². The Kier molecular flexibility index (Phi) is 6.48. The first kappa shape index (κ1) is 21.6. The van der Waals surface area contributed by atoms with Gasteiger partial charge in [-0.3, -0.25) is 4.79 Å². The van der Waals surface area contributed by atoms with Crippen LogP contribution in [0.15, 0.2) is 41.3 Å². The van der Waals surface area contributed by atoms with Crippen LogP contribution in [0.1, 0.15) is 15.9 Å². The molecule has 2 aromatic carbocycles. The number of carbonyl (C=O) groups excluding carboxylic acids is 1. The van der Waals surface area contributed by atoms with E-state index in [0.717, 1.165) is 37.4 Å². The van der Waals surface area contributed by atoms with Gasteiger partial charge in [-0.25, -0.2) is 13.1 Å². The van der Waals surface area contributed by atoms with Crippen molar-refractivity contribution >= 4 is 38.9 Å². The number of anilines is 2. The van der Waals surface area contributed by atoms with E-state index in [4.69, 9.17) is 11.6 Å². The molecule has 3 rings (SSSR count). The van der Waals surface area contributed by atoms with Crippen molar-refractivity contribution in [2.45, 2.75) is 11.8 Å². The highest BCUT2D eigenvalue weighted by Crippen LogP contribution is 2.26. The molecule has 1 aliphatic heterocycles. The van der Waals surface area contributed by atoms with Crippen LogP contribution < -0.4 is 14.9 Å². The monoisotopic (exact) mass is 436 g/mol. The molecule has 156 valence electrons. The Hall–Kier alpha value is -2.13. The van der Waals surface area contributed by atoms with Gasteiger partial charge in [0.15, 0.2) is 0 Å². The molecule has 0 radical (unpaired) electrons. The molecule has 1 amide bonds. The molecule has 0 aromatic heterocycles. The first-order valence-corrected chi connectivity index (χ1v) is 11.2. The van der Waals surface area contributed by atoms with Crippen LogP contribution in [0.2, 0.25) is 5.02 Å². The molecule has 0 atom stereocenters. The van der Waals surface area contributed by atoms with Gasteiger partial charge in [-0.05, 0) is 63.0 Å². The van der Waals surface area contributed by atoms with Crippen molar-refractivity contribution in [2.75, 3.05) is 50.5 Å². The summed E-state index contributed by atoms with van der Waals surface area (Å²) in [6, 6.07) is 9.80. The first-order valence-electron chi connectivity index (χ1n) is 9.30. The van der Waals surface area contributed by atoms with Gasteiger partial charge in [-0.1, -0.05) is 11.6 Å². The van der Waals surface area contributed by atoms with Gasteiger partial charge in [0, 0.05) is 37.6 Å². The second-order valence-corrected chi connectivity index (χ2v) is 9.39. The number of hydrogen-bond acceptors (Lipinski definition) is 5. The van der Waals surface area contributed by atoms with Crippen molar-refractivity contribution in [2.24, 2.45) is 0 Å². The van der Waals surface area contributed by atoms with E-state index in [9.17, 15) is 13.2 Å². The van der Waals surface area contributed by atoms with Crippen LogP contribution in [0.25, 0.3) is 0 Å². The standard InChI is InChI=1S/C20H25ClN4O3S/c1-14-12-15(4-7-19(14)25-10-8-24(3)9-11-25)23-20(26)17-13-16(5-6-18(17)21)29(27,28)22-2/h4-7,12-13,22H,8-11H2,1-3H3,(H,23,26). The number of aryl methyl sites for hydroxylation is 1. The number of hydrogen-bond donors (Lipinski definition) is 2. The Bertz CT molecular complexity index is 1020. The summed E-state index contributed by atoms with van der Waals surface area (Å²) in [6.45, 7) is 5.97. The molecule has 0 aliphatic carbocycles. The lowest BCUT2D eigenvalue weighted by atomic mass is 10.1. The maximum atomic E-state index is 12.7. The molecule has 1 heterocycles. The number of nitrogens with zero attached hydrogens (tertiary/aromatic N) is 2. The zero-order chi connectivity index (χ0) is 21.2. The van der Waals surface area contributed by atoms with E-state index in [1.165, 1.54) is 25.2 Å². The summed E-state index contributed by atoms with van der Waals surface area (Å²) in [5, 5.41) is 2.99. The van der Waals surface area contributed by atoms with Crippen molar-refractivity contribution in [1.82, 2.24) is 9.62 Å². The number of amides is 1. The maximum Gasteiger partial charge on any atom is 0.257 e. The molecular weight excluding hydrogens is 412 g/mol. The van der Waals surface area contributed by atoms with Crippen molar-refractivity contribution in [3.8, 4) is 0 Å². The Balaban J connectivity index is 1.79. The van der Waals surface area contributed by atoms with E-state index in [1.807, 2.05) is 25.1 Å². The first-order chi connectivity index (χ1) is 13.7. The minimum Gasteiger partial charge on any atom is -0.369 e. The number of piperazine rings is 1. The van der Waals surface area contributed by atoms with Gasteiger partial charge in [-0.2, -0.15) is 0 Å². The van der Waals surface area contributed by atoms with E-state index < -0.39 is 15.9 Å². The van der Waals surface area contributed by atoms with Gasteiger partial charge >= 0.3 is 0 Å². The number of likely N-dealkylation sites (N-methyl/N-ethyl adjacent to an activating group) is 1. The number of rotatable bonds is 5. The zero-order valence-electron chi connectivity index (χ0n) is 16.7. The summed E-state index contributed by atoms with van der Waals surface area (Å²) >= 11 is 6.13. The van der Waals surface area contributed by atoms with E-state index >= 15 is 0 Å². The lowest BCUT2D eigenvalue weighted by Gasteiger charge is -2.35. The third-order valence-electron chi connectivity index (χ3n) is 5.06. The van der Waals surface area contributed by atoms with E-state index in [-0.39, 0.29) is 15.5 Å². The second-order valence-electron chi connectivity index (χ2n) is 7.09. The molecule has 9 heteroatoms. The number of benzene rings is 2. The predicted octanol–water partition coefficient (Wildman–Crippen LogP) is 2.56. The van der Waals surface area contributed by atoms with Gasteiger partial charge in [0.1, 0.15) is 0 Å².